The molecule has 0 spiro atoms. The van der Waals surface area contributed by atoms with E-state index in [2.05, 4.69) is 115 Å². The number of carbonyl (C=O) groups excluding carboxylic acids is 3. The minimum absolute atomic E-state index is 0.0438. The topological polar surface area (TPSA) is 436 Å². The van der Waals surface area contributed by atoms with Gasteiger partial charge in [0.2, 0.25) is 0 Å². The summed E-state index contributed by atoms with van der Waals surface area (Å²) in [6.07, 6.45) is 29.4. The summed E-state index contributed by atoms with van der Waals surface area (Å²) in [6, 6.07) is 35.8. The number of esters is 3. The van der Waals surface area contributed by atoms with Gasteiger partial charge in [-0.05, 0) is 290 Å². The van der Waals surface area contributed by atoms with Crippen LogP contribution in [0.5, 0.6) is 0 Å². The molecule has 0 bridgehead atoms. The zero-order valence-corrected chi connectivity index (χ0v) is 95.5. The lowest BCUT2D eigenvalue weighted by Gasteiger charge is -2.37. The van der Waals surface area contributed by atoms with Gasteiger partial charge in [-0.25, -0.2) is 86.3 Å². The molecule has 786 valence electrons. The number of nitrogens with one attached hydrogen (secondary N) is 6. The Balaban J connectivity index is 0.000000141. The third-order valence-electron chi connectivity index (χ3n) is 24.8. The first-order valence-corrected chi connectivity index (χ1v) is 60.0. The summed E-state index contributed by atoms with van der Waals surface area (Å²) in [6.45, 7) is 35.5. The van der Waals surface area contributed by atoms with E-state index in [1.807, 2.05) is 165 Å². The number of fused-ring (bicyclic) bond motifs is 4. The molecular weight excluding hydrogens is 2210 g/mol. The minimum atomic E-state index is -3.82. The van der Waals surface area contributed by atoms with Crippen LogP contribution in [0.3, 0.4) is 0 Å². The molecule has 150 heavy (non-hydrogen) atoms. The molecule has 12 heterocycles. The molecular formula is C107H115Br2ClN18O14S8. The summed E-state index contributed by atoms with van der Waals surface area (Å²) in [5.41, 5.74) is 10.1. The zero-order chi connectivity index (χ0) is 108. The summed E-state index contributed by atoms with van der Waals surface area (Å²) in [5.74, 6) is 0.623. The van der Waals surface area contributed by atoms with Gasteiger partial charge in [0.25, 0.3) is 29.1 Å². The SMILES string of the molecule is Cc1ccc(S(=O)(=O)n2ccc3c(NC4CC(CC(=O)OC(C)(C)C)C4)c(-c4ncc(C)s4)cnc32)cc1.Cc1ccc(S(=O)(=O)n2ccc3c(NC4CC(CC(=O)OC(C)(C)C)C4)c(Br)cnc32)cc1.Cc1cnc(-c2cnc3[nH]ccc3c2NC2CC(CC(=O)OC(C)(C)C)C2)s1.Cc1cnc(-c2cnc3[nH]ccc3c2NC2CC(CS(=O)(=O)c3cccc(C#N)c3)C2)s1.Cc1cnc(Br)s1.[C-]#[N+]c1cccc(S(=O)(=O)Cl)c1. The van der Waals surface area contributed by atoms with Crippen LogP contribution in [0.15, 0.2) is 224 Å². The first-order chi connectivity index (χ1) is 70.9. The Bertz CT molecular complexity index is 8190. The van der Waals surface area contributed by atoms with Crippen molar-refractivity contribution >= 4 is 217 Å². The summed E-state index contributed by atoms with van der Waals surface area (Å²) in [4.78, 5) is 86.6. The Hall–Kier alpha value is -12.2. The van der Waals surface area contributed by atoms with Gasteiger partial charge in [-0.3, -0.25) is 14.4 Å². The van der Waals surface area contributed by atoms with Crippen LogP contribution in [-0.2, 0) is 67.5 Å². The smallest absolute Gasteiger partial charge is 0.306 e. The third-order valence-corrected chi connectivity index (χ3v) is 36.2. The van der Waals surface area contributed by atoms with Gasteiger partial charge >= 0.3 is 17.9 Å². The molecule has 4 fully saturated rings. The van der Waals surface area contributed by atoms with Gasteiger partial charge in [0.05, 0.1) is 87.5 Å². The van der Waals surface area contributed by atoms with E-state index in [1.54, 1.807) is 143 Å². The summed E-state index contributed by atoms with van der Waals surface area (Å²) >= 11 is 13.3. The highest BCUT2D eigenvalue weighted by atomic mass is 79.9. The number of halogens is 3. The number of hydrogen-bond acceptors (Lipinski definition) is 31. The highest BCUT2D eigenvalue weighted by molar-refractivity contribution is 9.11. The van der Waals surface area contributed by atoms with Crippen molar-refractivity contribution in [3.05, 3.63) is 252 Å². The molecule has 4 aliphatic carbocycles. The van der Waals surface area contributed by atoms with Crippen LogP contribution in [0.1, 0.15) is 169 Å². The lowest BCUT2D eigenvalue weighted by Crippen LogP contribution is -2.39. The standard InChI is InChI=1S/C28H32N4O4S2.C24H28BrN3O4S.C23H21N5O2S2.C21H26N4O2S.C7H4ClNO2S.C4H4BrNS/c1-17-6-8-21(9-7-17)38(34,35)32-11-10-22-25(23(16-29-26(22)32)27-30-15-18(2)37-27)31-20-12-19(13-20)14-24(33)36-28(3,4)5;1-15-5-7-18(8-6-15)33(30,31)28-10-9-19-22(20(25)14-26-23(19)28)27-17-11-16(12-17)13-21(29)32-24(2,3)4;1-14-11-27-23(31-14)20-12-26-22-19(5-6-25-22)21(20)28-17-7-16(8-17)13-32(29,30)18-4-2-3-15(9-18)10-24;1-12-10-24-20(28-12)16-11-23-19-15(5-6-22-19)18(16)25-14-7-13(8-14)9-17(26)27-21(2,3)4;1-9-6-3-2-4-7(5-6)12(8,10)11;1-3-2-6-4(5)7-3/h6-11,15-16,19-20H,12-14H2,1-5H3,(H,29,31);5-10,14,16-17H,11-13H2,1-4H3,(H,26,27);2-6,9,11-12,16-17H,7-8,13H2,1H3,(H2,25,26,28);5-6,10-11,13-14H,7-9H2,1-4H3,(H2,22,23,25);2-5H;2H,1H3. The number of rotatable bonds is 25. The van der Waals surface area contributed by atoms with E-state index in [-0.39, 0.29) is 84.8 Å². The van der Waals surface area contributed by atoms with Crippen molar-refractivity contribution in [3.8, 4) is 37.8 Å². The van der Waals surface area contributed by atoms with E-state index in [9.17, 15) is 48.1 Å². The summed E-state index contributed by atoms with van der Waals surface area (Å²) in [5, 5.41) is 29.7. The van der Waals surface area contributed by atoms with Crippen LogP contribution in [0.2, 0.25) is 0 Å². The van der Waals surface area contributed by atoms with Crippen LogP contribution in [0.4, 0.5) is 28.4 Å². The van der Waals surface area contributed by atoms with Crippen LogP contribution in [0, 0.1) is 83.1 Å². The van der Waals surface area contributed by atoms with Crippen molar-refractivity contribution in [3.63, 3.8) is 0 Å². The molecule has 4 saturated carbocycles. The molecule has 12 aromatic heterocycles. The normalized spacial score (nSPS) is 17.4. The van der Waals surface area contributed by atoms with Crippen LogP contribution >= 0.6 is 87.9 Å². The number of pyridine rings is 4. The minimum Gasteiger partial charge on any atom is -0.460 e. The van der Waals surface area contributed by atoms with E-state index in [0.29, 0.717) is 53.5 Å². The van der Waals surface area contributed by atoms with Gasteiger partial charge in [0.15, 0.2) is 30.7 Å². The number of hydrogen-bond donors (Lipinski definition) is 6. The largest absolute Gasteiger partial charge is 0.460 e. The van der Waals surface area contributed by atoms with Crippen molar-refractivity contribution in [2.45, 2.75) is 235 Å². The van der Waals surface area contributed by atoms with Gasteiger partial charge < -0.3 is 45.4 Å². The number of carbonyl (C=O) groups is 3. The molecule has 0 radical (unpaired) electrons. The van der Waals surface area contributed by atoms with E-state index >= 15 is 0 Å². The molecule has 43 heteroatoms. The van der Waals surface area contributed by atoms with Crippen molar-refractivity contribution in [1.29, 1.82) is 5.26 Å². The zero-order valence-electron chi connectivity index (χ0n) is 85.1. The number of anilines is 4. The monoisotopic (exact) mass is 2320 g/mol. The van der Waals surface area contributed by atoms with Crippen molar-refractivity contribution < 1.29 is 62.3 Å². The third kappa shape index (κ3) is 28.6. The summed E-state index contributed by atoms with van der Waals surface area (Å²) < 4.78 is 121. The summed E-state index contributed by atoms with van der Waals surface area (Å²) in [7, 11) is -9.67. The van der Waals surface area contributed by atoms with Gasteiger partial charge in [-0.1, -0.05) is 53.6 Å². The molecule has 0 amide bonds. The first-order valence-electron chi connectivity index (χ1n) is 48.3. The molecule has 32 nitrogen and oxygen atoms in total. The predicted octanol–water partition coefficient (Wildman–Crippen LogP) is 25.0. The van der Waals surface area contributed by atoms with E-state index in [0.717, 1.165) is 163 Å². The molecule has 0 atom stereocenters. The molecule has 6 N–H and O–H groups in total. The highest BCUT2D eigenvalue weighted by Gasteiger charge is 2.40. The van der Waals surface area contributed by atoms with Gasteiger partial charge in [0.1, 0.15) is 43.1 Å². The Labute approximate surface area is 909 Å². The maximum absolute atomic E-state index is 13.5. The fourth-order valence-electron chi connectivity index (χ4n) is 17.6. The second kappa shape index (κ2) is 47.0. The van der Waals surface area contributed by atoms with Crippen molar-refractivity contribution in [1.82, 2.24) is 57.8 Å². The second-order valence-electron chi connectivity index (χ2n) is 40.5. The Morgan fingerprint density at radius 3 is 1.18 bits per heavy atom. The van der Waals surface area contributed by atoms with Crippen molar-refractivity contribution in [2.75, 3.05) is 27.0 Å². The number of aryl methyl sites for hydroxylation is 6. The van der Waals surface area contributed by atoms with E-state index in [1.165, 1.54) is 54.2 Å². The lowest BCUT2D eigenvalue weighted by molar-refractivity contribution is -0.157. The maximum atomic E-state index is 13.5. The number of H-pyrrole nitrogens is 2. The molecule has 0 aliphatic heterocycles. The van der Waals surface area contributed by atoms with Gasteiger partial charge in [0, 0.05) is 170 Å². The fourth-order valence-corrected chi connectivity index (χ4v) is 26.8. The number of ether oxygens (including phenoxy) is 3. The molecule has 0 unspecified atom stereocenters. The van der Waals surface area contributed by atoms with Crippen molar-refractivity contribution in [2.24, 2.45) is 23.7 Å². The molecule has 4 aliphatic rings. The van der Waals surface area contributed by atoms with Gasteiger partial charge in [-0.2, -0.15) is 5.26 Å². The number of thiazole rings is 4. The average Bonchev–Trinajstić information content (AvgIpc) is 1.59. The average molecular weight is 2330 g/mol. The number of aromatic amines is 2. The number of nitriles is 1. The van der Waals surface area contributed by atoms with Crippen LogP contribution in [0.25, 0.3) is 80.7 Å². The first kappa shape index (κ1) is 112. The second-order valence-corrected chi connectivity index (χ2v) is 55.8. The van der Waals surface area contributed by atoms with E-state index in [4.69, 9.17) is 36.7 Å². The van der Waals surface area contributed by atoms with Gasteiger partial charge in [-0.15, -0.1) is 45.3 Å². The lowest BCUT2D eigenvalue weighted by atomic mass is 9.78. The van der Waals surface area contributed by atoms with E-state index < -0.39 is 55.7 Å². The molecule has 0 saturated heterocycles. The number of aromatic nitrogens is 12. The maximum Gasteiger partial charge on any atom is 0.306 e. The van der Waals surface area contributed by atoms with Crippen LogP contribution in [-0.4, -0.2) is 156 Å². The molecule has 16 aromatic rings. The quantitative estimate of drug-likeness (QED) is 0.0134. The Morgan fingerprint density at radius 2 is 0.813 bits per heavy atom. The number of benzene rings is 4. The predicted molar refractivity (Wildman–Crippen MR) is 600 cm³/mol. The fraction of sp³-hybridized carbons (Fsp3) is 0.355. The van der Waals surface area contributed by atoms with Crippen LogP contribution < -0.4 is 21.3 Å². The Morgan fingerprint density at radius 1 is 0.447 bits per heavy atom. The highest BCUT2D eigenvalue weighted by Crippen LogP contribution is 2.47. The number of sulfone groups is 1. The Kier molecular flexibility index (Phi) is 35.0. The molecule has 20 rings (SSSR count). The number of nitrogens with zero attached hydrogens (tertiary/aromatic N) is 12. The molecule has 4 aromatic carbocycles.